The van der Waals surface area contributed by atoms with Crippen LogP contribution in [-0.2, 0) is 14.3 Å². The molecular weight excluding hydrogens is 294 g/mol. The third kappa shape index (κ3) is 3.92. The van der Waals surface area contributed by atoms with E-state index in [1.54, 1.807) is 11.0 Å². The van der Waals surface area contributed by atoms with Gasteiger partial charge in [0.1, 0.15) is 5.60 Å². The van der Waals surface area contributed by atoms with E-state index in [4.69, 9.17) is 9.47 Å². The predicted molar refractivity (Wildman–Crippen MR) is 89.2 cm³/mol. The smallest absolute Gasteiger partial charge is 0.414 e. The van der Waals surface area contributed by atoms with Crippen LogP contribution >= 0.6 is 0 Å². The normalized spacial score (nSPS) is 17.7. The predicted octanol–water partition coefficient (Wildman–Crippen LogP) is 3.63. The number of ether oxygens (including phenoxy) is 2. The van der Waals surface area contributed by atoms with Crippen LogP contribution in [0, 0.1) is 5.92 Å². The minimum atomic E-state index is -0.583. The van der Waals surface area contributed by atoms with Crippen molar-refractivity contribution >= 4 is 23.8 Å². The Morgan fingerprint density at radius 2 is 1.87 bits per heavy atom. The second-order valence-corrected chi connectivity index (χ2v) is 6.64. The molecule has 0 unspecified atom stereocenters. The van der Waals surface area contributed by atoms with Crippen LogP contribution in [0.4, 0.5) is 10.5 Å². The molecular formula is C18H23NO4. The number of hydrogen-bond acceptors (Lipinski definition) is 4. The summed E-state index contributed by atoms with van der Waals surface area (Å²) in [6.45, 7) is 7.74. The first-order valence-electron chi connectivity index (χ1n) is 7.62. The minimum Gasteiger partial charge on any atom is -0.466 e. The van der Waals surface area contributed by atoms with Gasteiger partial charge in [0.05, 0.1) is 12.8 Å². The second kappa shape index (κ2) is 6.44. The summed E-state index contributed by atoms with van der Waals surface area (Å²) in [6.07, 6.45) is 1.37. The molecule has 0 spiro atoms. The van der Waals surface area contributed by atoms with Gasteiger partial charge in [0.2, 0.25) is 0 Å². The van der Waals surface area contributed by atoms with E-state index in [0.717, 1.165) is 11.3 Å². The van der Waals surface area contributed by atoms with Crippen molar-refractivity contribution in [2.24, 2.45) is 5.92 Å². The molecule has 23 heavy (non-hydrogen) atoms. The van der Waals surface area contributed by atoms with Gasteiger partial charge in [0, 0.05) is 18.0 Å². The topological polar surface area (TPSA) is 55.8 Å². The average molecular weight is 317 g/mol. The number of nitrogens with zero attached hydrogens (tertiary/aromatic N) is 1. The number of fused-ring (bicyclic) bond motifs is 1. The second-order valence-electron chi connectivity index (χ2n) is 6.64. The van der Waals surface area contributed by atoms with E-state index in [1.807, 2.05) is 52.0 Å². The van der Waals surface area contributed by atoms with E-state index in [2.05, 4.69) is 0 Å². The first kappa shape index (κ1) is 17.1. The molecule has 1 heterocycles. The monoisotopic (exact) mass is 317 g/mol. The zero-order chi connectivity index (χ0) is 17.2. The maximum Gasteiger partial charge on any atom is 0.414 e. The molecule has 1 atom stereocenters. The molecule has 0 bridgehead atoms. The lowest BCUT2D eigenvalue weighted by Crippen LogP contribution is -2.39. The Kier molecular flexibility index (Phi) is 4.78. The van der Waals surface area contributed by atoms with Gasteiger partial charge in [-0.3, -0.25) is 4.90 Å². The molecule has 1 amide bonds. The largest absolute Gasteiger partial charge is 0.466 e. The minimum absolute atomic E-state index is 0.164. The maximum absolute atomic E-state index is 12.6. The number of carbonyl (C=O) groups is 2. The van der Waals surface area contributed by atoms with Crippen molar-refractivity contribution in [2.45, 2.75) is 33.3 Å². The number of para-hydroxylation sites is 1. The van der Waals surface area contributed by atoms with Crippen LogP contribution in [0.1, 0.15) is 33.3 Å². The van der Waals surface area contributed by atoms with Gasteiger partial charge >= 0.3 is 12.1 Å². The van der Waals surface area contributed by atoms with Gasteiger partial charge < -0.3 is 9.47 Å². The summed E-state index contributed by atoms with van der Waals surface area (Å²) < 4.78 is 10.4. The highest BCUT2D eigenvalue weighted by molar-refractivity contribution is 5.99. The van der Waals surface area contributed by atoms with Crippen molar-refractivity contribution in [1.82, 2.24) is 0 Å². The zero-order valence-corrected chi connectivity index (χ0v) is 14.3. The van der Waals surface area contributed by atoms with E-state index in [0.29, 0.717) is 12.1 Å². The zero-order valence-electron chi connectivity index (χ0n) is 14.3. The summed E-state index contributed by atoms with van der Waals surface area (Å²) in [6, 6.07) is 7.45. The standard InChI is InChI=1S/C18H23NO4/c1-12-11-19(17(21)23-18(2,3)4)15-9-7-6-8-13(15)10-14(12)16(20)22-5/h6-10,12H,11H2,1-5H3/t12-/m1/s1. The third-order valence-corrected chi connectivity index (χ3v) is 3.56. The van der Waals surface area contributed by atoms with Gasteiger partial charge in [0.15, 0.2) is 0 Å². The molecule has 124 valence electrons. The van der Waals surface area contributed by atoms with Crippen molar-refractivity contribution in [3.05, 3.63) is 35.4 Å². The van der Waals surface area contributed by atoms with E-state index < -0.39 is 11.7 Å². The van der Waals surface area contributed by atoms with Gasteiger partial charge in [-0.05, 0) is 38.5 Å². The molecule has 1 aliphatic heterocycles. The molecule has 0 radical (unpaired) electrons. The fraction of sp³-hybridized carbons (Fsp3) is 0.444. The number of hydrogen-bond donors (Lipinski definition) is 0. The highest BCUT2D eigenvalue weighted by Crippen LogP contribution is 2.32. The van der Waals surface area contributed by atoms with Gasteiger partial charge in [-0.25, -0.2) is 9.59 Å². The van der Waals surface area contributed by atoms with Crippen LogP contribution < -0.4 is 4.90 Å². The number of carbonyl (C=O) groups excluding carboxylic acids is 2. The van der Waals surface area contributed by atoms with Crippen LogP contribution in [0.2, 0.25) is 0 Å². The van der Waals surface area contributed by atoms with Crippen molar-refractivity contribution in [3.63, 3.8) is 0 Å². The molecule has 0 N–H and O–H groups in total. The Labute approximate surface area is 136 Å². The highest BCUT2D eigenvalue weighted by Gasteiger charge is 2.31. The molecule has 0 saturated carbocycles. The fourth-order valence-electron chi connectivity index (χ4n) is 2.50. The van der Waals surface area contributed by atoms with Crippen molar-refractivity contribution in [1.29, 1.82) is 0 Å². The van der Waals surface area contributed by atoms with E-state index in [-0.39, 0.29) is 11.9 Å². The lowest BCUT2D eigenvalue weighted by Gasteiger charge is -2.29. The number of benzene rings is 1. The van der Waals surface area contributed by atoms with Crippen molar-refractivity contribution in [3.8, 4) is 0 Å². The van der Waals surface area contributed by atoms with E-state index in [9.17, 15) is 9.59 Å². The third-order valence-electron chi connectivity index (χ3n) is 3.56. The van der Waals surface area contributed by atoms with Crippen LogP contribution in [-0.4, -0.2) is 31.3 Å². The summed E-state index contributed by atoms with van der Waals surface area (Å²) >= 11 is 0. The Balaban J connectivity index is 2.44. The Bertz CT molecular complexity index is 643. The van der Waals surface area contributed by atoms with E-state index in [1.165, 1.54) is 7.11 Å². The molecule has 0 saturated heterocycles. The van der Waals surface area contributed by atoms with Gasteiger partial charge in [-0.1, -0.05) is 25.1 Å². The number of rotatable bonds is 1. The van der Waals surface area contributed by atoms with Crippen molar-refractivity contribution < 1.29 is 19.1 Å². The quantitative estimate of drug-likeness (QED) is 0.742. The summed E-state index contributed by atoms with van der Waals surface area (Å²) in [5.41, 5.74) is 1.49. The summed E-state index contributed by atoms with van der Waals surface area (Å²) in [7, 11) is 1.36. The molecule has 0 fully saturated rings. The lowest BCUT2D eigenvalue weighted by molar-refractivity contribution is -0.136. The number of esters is 1. The van der Waals surface area contributed by atoms with Crippen LogP contribution in [0.25, 0.3) is 6.08 Å². The molecule has 1 aliphatic rings. The van der Waals surface area contributed by atoms with Gasteiger partial charge in [-0.2, -0.15) is 0 Å². The molecule has 5 nitrogen and oxygen atoms in total. The van der Waals surface area contributed by atoms with Crippen LogP contribution in [0.15, 0.2) is 29.8 Å². The molecule has 1 aromatic rings. The van der Waals surface area contributed by atoms with Gasteiger partial charge in [-0.15, -0.1) is 0 Å². The summed E-state index contributed by atoms with van der Waals surface area (Å²) in [5.74, 6) is -0.541. The Morgan fingerprint density at radius 3 is 2.48 bits per heavy atom. The number of methoxy groups -OCH3 is 1. The fourth-order valence-corrected chi connectivity index (χ4v) is 2.50. The highest BCUT2D eigenvalue weighted by atomic mass is 16.6. The molecule has 1 aromatic carbocycles. The molecule has 0 aliphatic carbocycles. The van der Waals surface area contributed by atoms with Crippen LogP contribution in [0.3, 0.4) is 0 Å². The average Bonchev–Trinajstić information content (AvgIpc) is 2.62. The van der Waals surface area contributed by atoms with Crippen LogP contribution in [0.5, 0.6) is 0 Å². The molecule has 0 aromatic heterocycles. The number of anilines is 1. The lowest BCUT2D eigenvalue weighted by atomic mass is 10.00. The summed E-state index contributed by atoms with van der Waals surface area (Å²) in [4.78, 5) is 26.2. The van der Waals surface area contributed by atoms with Crippen molar-refractivity contribution in [2.75, 3.05) is 18.6 Å². The molecule has 2 rings (SSSR count). The first-order chi connectivity index (χ1) is 10.7. The first-order valence-corrected chi connectivity index (χ1v) is 7.62. The Hall–Kier alpha value is -2.30. The van der Waals surface area contributed by atoms with Gasteiger partial charge in [0.25, 0.3) is 0 Å². The molecule has 5 heteroatoms. The SMILES string of the molecule is COC(=O)C1=Cc2ccccc2N(C(=O)OC(C)(C)C)C[C@H]1C. The number of amides is 1. The maximum atomic E-state index is 12.6. The Morgan fingerprint density at radius 1 is 1.22 bits per heavy atom. The summed E-state index contributed by atoms with van der Waals surface area (Å²) in [5, 5.41) is 0. The van der Waals surface area contributed by atoms with E-state index >= 15 is 0 Å².